The monoisotopic (exact) mass is 237 g/mol. The topological polar surface area (TPSA) is 58.4 Å². The lowest BCUT2D eigenvalue weighted by atomic mass is 10.1. The van der Waals surface area contributed by atoms with E-state index in [0.29, 0.717) is 13.1 Å². The van der Waals surface area contributed by atoms with E-state index in [4.69, 9.17) is 5.73 Å². The Morgan fingerprint density at radius 2 is 2.24 bits per heavy atom. The highest BCUT2D eigenvalue weighted by atomic mass is 19.1. The first kappa shape index (κ1) is 11.9. The molecule has 2 amide bonds. The molecular weight excluding hydrogens is 221 g/mol. The van der Waals surface area contributed by atoms with Crippen LogP contribution in [-0.2, 0) is 0 Å². The molecule has 1 heterocycles. The molecule has 1 saturated heterocycles. The Morgan fingerprint density at radius 3 is 2.94 bits per heavy atom. The third-order valence-electron chi connectivity index (χ3n) is 2.86. The number of halogens is 1. The van der Waals surface area contributed by atoms with Crippen LogP contribution in [0, 0.1) is 5.82 Å². The number of urea groups is 1. The number of hydrogen-bond acceptors (Lipinski definition) is 2. The van der Waals surface area contributed by atoms with Crippen LogP contribution in [0.25, 0.3) is 0 Å². The predicted molar refractivity (Wildman–Crippen MR) is 64.2 cm³/mol. The van der Waals surface area contributed by atoms with Gasteiger partial charge in [0.15, 0.2) is 0 Å². The number of carbonyl (C=O) groups is 1. The van der Waals surface area contributed by atoms with Gasteiger partial charge < -0.3 is 16.0 Å². The zero-order valence-electron chi connectivity index (χ0n) is 9.53. The highest BCUT2D eigenvalue weighted by Gasteiger charge is 2.21. The van der Waals surface area contributed by atoms with Crippen molar-refractivity contribution in [2.24, 2.45) is 5.73 Å². The van der Waals surface area contributed by atoms with E-state index >= 15 is 0 Å². The lowest BCUT2D eigenvalue weighted by Gasteiger charge is -2.30. The van der Waals surface area contributed by atoms with Gasteiger partial charge in [-0.25, -0.2) is 9.18 Å². The Bertz CT molecular complexity index is 410. The van der Waals surface area contributed by atoms with E-state index in [0.717, 1.165) is 12.8 Å². The molecule has 0 bridgehead atoms. The van der Waals surface area contributed by atoms with Crippen LogP contribution in [0.4, 0.5) is 14.9 Å². The number of hydrogen-bond donors (Lipinski definition) is 2. The minimum absolute atomic E-state index is 0.0233. The Morgan fingerprint density at radius 1 is 1.47 bits per heavy atom. The first-order chi connectivity index (χ1) is 8.16. The maximum absolute atomic E-state index is 13.3. The number of nitrogens with two attached hydrogens (primary N) is 1. The third-order valence-corrected chi connectivity index (χ3v) is 2.86. The lowest BCUT2D eigenvalue weighted by Crippen LogP contribution is -2.47. The molecule has 0 spiro atoms. The molecule has 1 aromatic rings. The Hall–Kier alpha value is -1.62. The van der Waals surface area contributed by atoms with Crippen molar-refractivity contribution in [1.82, 2.24) is 4.90 Å². The number of anilines is 1. The van der Waals surface area contributed by atoms with Crippen molar-refractivity contribution in [2.45, 2.75) is 18.9 Å². The van der Waals surface area contributed by atoms with Gasteiger partial charge in [-0.15, -0.1) is 0 Å². The summed E-state index contributed by atoms with van der Waals surface area (Å²) in [6.07, 6.45) is 1.83. The van der Waals surface area contributed by atoms with Crippen molar-refractivity contribution >= 4 is 11.7 Å². The van der Waals surface area contributed by atoms with E-state index in [2.05, 4.69) is 5.32 Å². The van der Waals surface area contributed by atoms with Crippen molar-refractivity contribution in [3.63, 3.8) is 0 Å². The number of amides is 2. The minimum Gasteiger partial charge on any atom is -0.326 e. The van der Waals surface area contributed by atoms with Gasteiger partial charge in [-0.1, -0.05) is 12.1 Å². The highest BCUT2D eigenvalue weighted by molar-refractivity contribution is 5.89. The number of rotatable bonds is 1. The molecule has 4 nitrogen and oxygen atoms in total. The van der Waals surface area contributed by atoms with Crippen molar-refractivity contribution in [3.8, 4) is 0 Å². The van der Waals surface area contributed by atoms with Gasteiger partial charge in [0.25, 0.3) is 0 Å². The van der Waals surface area contributed by atoms with Crippen LogP contribution in [-0.4, -0.2) is 30.1 Å². The second-order valence-electron chi connectivity index (χ2n) is 4.26. The average Bonchev–Trinajstić information content (AvgIpc) is 2.32. The fourth-order valence-corrected chi connectivity index (χ4v) is 1.95. The van der Waals surface area contributed by atoms with Crippen LogP contribution in [0.2, 0.25) is 0 Å². The van der Waals surface area contributed by atoms with Crippen LogP contribution in [0.1, 0.15) is 12.8 Å². The summed E-state index contributed by atoms with van der Waals surface area (Å²) in [4.78, 5) is 13.5. The zero-order valence-corrected chi connectivity index (χ0v) is 9.53. The molecule has 5 heteroatoms. The molecule has 1 aliphatic heterocycles. The normalized spacial score (nSPS) is 20.1. The molecule has 0 saturated carbocycles. The van der Waals surface area contributed by atoms with Crippen molar-refractivity contribution < 1.29 is 9.18 Å². The molecule has 0 aromatic heterocycles. The molecule has 92 valence electrons. The van der Waals surface area contributed by atoms with Gasteiger partial charge in [0.2, 0.25) is 0 Å². The first-order valence-corrected chi connectivity index (χ1v) is 5.73. The van der Waals surface area contributed by atoms with Gasteiger partial charge in [-0.3, -0.25) is 0 Å². The van der Waals surface area contributed by atoms with Crippen LogP contribution < -0.4 is 11.1 Å². The van der Waals surface area contributed by atoms with Crippen LogP contribution >= 0.6 is 0 Å². The number of piperidine rings is 1. The second-order valence-corrected chi connectivity index (χ2v) is 4.26. The third kappa shape index (κ3) is 2.94. The largest absolute Gasteiger partial charge is 0.326 e. The summed E-state index contributed by atoms with van der Waals surface area (Å²) in [7, 11) is 0. The minimum atomic E-state index is -0.429. The zero-order chi connectivity index (χ0) is 12.3. The quantitative estimate of drug-likeness (QED) is 0.782. The average molecular weight is 237 g/mol. The number of benzene rings is 1. The van der Waals surface area contributed by atoms with Crippen molar-refractivity contribution in [1.29, 1.82) is 0 Å². The molecule has 17 heavy (non-hydrogen) atoms. The number of nitrogens with zero attached hydrogens (tertiary/aromatic N) is 1. The molecule has 1 aliphatic rings. The summed E-state index contributed by atoms with van der Waals surface area (Å²) >= 11 is 0. The summed E-state index contributed by atoms with van der Waals surface area (Å²) in [6, 6.07) is 5.86. The molecule has 0 radical (unpaired) electrons. The van der Waals surface area contributed by atoms with Gasteiger partial charge in [-0.2, -0.15) is 0 Å². The number of carbonyl (C=O) groups excluding carboxylic acids is 1. The van der Waals surface area contributed by atoms with Gasteiger partial charge in [0.1, 0.15) is 5.82 Å². The molecule has 0 aliphatic carbocycles. The fourth-order valence-electron chi connectivity index (χ4n) is 1.95. The van der Waals surface area contributed by atoms with E-state index in [1.165, 1.54) is 12.1 Å². The molecule has 3 N–H and O–H groups in total. The van der Waals surface area contributed by atoms with E-state index < -0.39 is 5.82 Å². The number of nitrogens with one attached hydrogen (secondary N) is 1. The Balaban J connectivity index is 1.99. The summed E-state index contributed by atoms with van der Waals surface area (Å²) < 4.78 is 13.3. The smallest absolute Gasteiger partial charge is 0.321 e. The molecular formula is C12H16FN3O. The van der Waals surface area contributed by atoms with Crippen molar-refractivity contribution in [2.75, 3.05) is 18.4 Å². The molecule has 1 unspecified atom stereocenters. The van der Waals surface area contributed by atoms with E-state index in [9.17, 15) is 9.18 Å². The summed E-state index contributed by atoms with van der Waals surface area (Å²) in [5.41, 5.74) is 6.00. The number of para-hydroxylation sites is 1. The second kappa shape index (κ2) is 5.14. The molecule has 1 fully saturated rings. The maximum Gasteiger partial charge on any atom is 0.321 e. The SMILES string of the molecule is NC1CCCN(C(=O)Nc2ccccc2F)C1. The van der Waals surface area contributed by atoms with Crippen molar-refractivity contribution in [3.05, 3.63) is 30.1 Å². The van der Waals surface area contributed by atoms with E-state index in [1.54, 1.807) is 17.0 Å². The van der Waals surface area contributed by atoms with E-state index in [1.807, 2.05) is 0 Å². The van der Waals surface area contributed by atoms with Crippen LogP contribution in [0.15, 0.2) is 24.3 Å². The van der Waals surface area contributed by atoms with Crippen LogP contribution in [0.5, 0.6) is 0 Å². The summed E-state index contributed by atoms with van der Waals surface area (Å²) in [5.74, 6) is -0.429. The summed E-state index contributed by atoms with van der Waals surface area (Å²) in [6.45, 7) is 1.20. The fraction of sp³-hybridized carbons (Fsp3) is 0.417. The molecule has 1 aromatic carbocycles. The number of likely N-dealkylation sites (tertiary alicyclic amines) is 1. The summed E-state index contributed by atoms with van der Waals surface area (Å²) in [5, 5.41) is 2.56. The Kier molecular flexibility index (Phi) is 3.58. The van der Waals surface area contributed by atoms with Gasteiger partial charge in [0.05, 0.1) is 5.69 Å². The van der Waals surface area contributed by atoms with Gasteiger partial charge in [-0.05, 0) is 25.0 Å². The van der Waals surface area contributed by atoms with Crippen LogP contribution in [0.3, 0.4) is 0 Å². The Labute approximate surface area is 99.6 Å². The standard InChI is InChI=1S/C12H16FN3O/c13-10-5-1-2-6-11(10)15-12(17)16-7-3-4-9(14)8-16/h1-2,5-6,9H,3-4,7-8,14H2,(H,15,17). The molecule has 1 atom stereocenters. The van der Waals surface area contributed by atoms with Gasteiger partial charge in [0, 0.05) is 19.1 Å². The van der Waals surface area contributed by atoms with Gasteiger partial charge >= 0.3 is 6.03 Å². The lowest BCUT2D eigenvalue weighted by molar-refractivity contribution is 0.193. The first-order valence-electron chi connectivity index (χ1n) is 5.73. The molecule has 2 rings (SSSR count). The highest BCUT2D eigenvalue weighted by Crippen LogP contribution is 2.15. The van der Waals surface area contributed by atoms with E-state index in [-0.39, 0.29) is 17.8 Å². The maximum atomic E-state index is 13.3. The predicted octanol–water partition coefficient (Wildman–Crippen LogP) is 1.78.